The highest BCUT2D eigenvalue weighted by molar-refractivity contribution is 7.99. The molecule has 2 N–H and O–H groups in total. The number of anilines is 1. The molecule has 1 aromatic heterocycles. The molecule has 9 heteroatoms. The van der Waals surface area contributed by atoms with E-state index in [-0.39, 0.29) is 17.2 Å². The third kappa shape index (κ3) is 5.99. The monoisotopic (exact) mass is 395 g/mol. The van der Waals surface area contributed by atoms with Gasteiger partial charge < -0.3 is 19.8 Å². The average molecular weight is 396 g/mol. The molecule has 0 unspecified atom stereocenters. The van der Waals surface area contributed by atoms with Crippen molar-refractivity contribution in [3.8, 4) is 11.5 Å². The lowest BCUT2D eigenvalue weighted by Gasteiger charge is -2.10. The second-order valence-electron chi connectivity index (χ2n) is 5.09. The number of carbonyl (C=O) groups excluding carboxylic acids is 1. The lowest BCUT2D eigenvalue weighted by Crippen LogP contribution is -2.16. The van der Waals surface area contributed by atoms with Crippen molar-refractivity contribution in [3.05, 3.63) is 40.3 Å². The van der Waals surface area contributed by atoms with Crippen molar-refractivity contribution in [2.24, 2.45) is 0 Å². The third-order valence-electron chi connectivity index (χ3n) is 3.23. The molecule has 0 spiro atoms. The summed E-state index contributed by atoms with van der Waals surface area (Å²) >= 11 is 2.87. The van der Waals surface area contributed by atoms with Gasteiger partial charge in [-0.1, -0.05) is 18.7 Å². The summed E-state index contributed by atoms with van der Waals surface area (Å²) in [7, 11) is 3.08. The highest BCUT2D eigenvalue weighted by atomic mass is 32.2. The first-order valence-electron chi connectivity index (χ1n) is 7.88. The number of nitrogens with one attached hydrogen (secondary N) is 2. The fourth-order valence-electron chi connectivity index (χ4n) is 2.08. The van der Waals surface area contributed by atoms with Crippen LogP contribution in [0.25, 0.3) is 0 Å². The molecule has 0 saturated heterocycles. The summed E-state index contributed by atoms with van der Waals surface area (Å²) in [5.41, 5.74) is 1.10. The molecule has 7 nitrogen and oxygen atoms in total. The largest absolute Gasteiger partial charge is 0.493 e. The summed E-state index contributed by atoms with van der Waals surface area (Å²) in [5.74, 6) is 2.66. The maximum absolute atomic E-state index is 12.2. The van der Waals surface area contributed by atoms with Crippen molar-refractivity contribution >= 4 is 35.1 Å². The van der Waals surface area contributed by atoms with E-state index in [9.17, 15) is 9.59 Å². The molecular weight excluding hydrogens is 374 g/mol. The normalized spacial score (nSPS) is 10.4. The number of rotatable bonds is 9. The third-order valence-corrected chi connectivity index (χ3v) is 5.02. The molecule has 1 amide bonds. The molecule has 140 valence electrons. The Bertz CT molecular complexity index is 811. The summed E-state index contributed by atoms with van der Waals surface area (Å²) in [6.45, 7) is 2.05. The zero-order valence-electron chi connectivity index (χ0n) is 14.8. The maximum Gasteiger partial charge on any atom is 0.251 e. The summed E-state index contributed by atoms with van der Waals surface area (Å²) in [4.78, 5) is 30.9. The molecular formula is C17H21N3O4S2. The van der Waals surface area contributed by atoms with E-state index in [1.807, 2.05) is 6.92 Å². The molecule has 26 heavy (non-hydrogen) atoms. The van der Waals surface area contributed by atoms with Crippen LogP contribution >= 0.6 is 23.5 Å². The molecule has 0 radical (unpaired) electrons. The molecule has 1 heterocycles. The Morgan fingerprint density at radius 3 is 2.69 bits per heavy atom. The molecule has 0 aliphatic carbocycles. The second kappa shape index (κ2) is 10.1. The van der Waals surface area contributed by atoms with E-state index in [2.05, 4.69) is 15.3 Å². The van der Waals surface area contributed by atoms with Crippen LogP contribution in [0.2, 0.25) is 0 Å². The van der Waals surface area contributed by atoms with Crippen LogP contribution in [0.5, 0.6) is 11.5 Å². The zero-order chi connectivity index (χ0) is 18.9. The standard InChI is InChI=1S/C17H21N3O4S2/c1-4-25-9-12-8-15(21)20-17(19-12)26-10-16(22)18-11-5-6-13(23-2)14(7-11)24-3/h5-8H,4,9-10H2,1-3H3,(H,18,22)(H,19,20,21). The number of H-pyrrole nitrogens is 1. The van der Waals surface area contributed by atoms with E-state index < -0.39 is 0 Å². The minimum Gasteiger partial charge on any atom is -0.493 e. The topological polar surface area (TPSA) is 93.3 Å². The van der Waals surface area contributed by atoms with Gasteiger partial charge in [-0.2, -0.15) is 11.8 Å². The number of hydrogen-bond acceptors (Lipinski definition) is 7. The van der Waals surface area contributed by atoms with Crippen molar-refractivity contribution in [1.29, 1.82) is 0 Å². The number of aromatic nitrogens is 2. The van der Waals surface area contributed by atoms with Crippen molar-refractivity contribution in [2.75, 3.05) is 31.0 Å². The first kappa shape index (κ1) is 20.2. The molecule has 0 saturated carbocycles. The van der Waals surface area contributed by atoms with E-state index in [1.54, 1.807) is 37.1 Å². The summed E-state index contributed by atoms with van der Waals surface area (Å²) < 4.78 is 10.4. The summed E-state index contributed by atoms with van der Waals surface area (Å²) in [6.07, 6.45) is 0. The Balaban J connectivity index is 1.96. The predicted molar refractivity (Wildman–Crippen MR) is 106 cm³/mol. The first-order chi connectivity index (χ1) is 12.5. The Morgan fingerprint density at radius 1 is 1.23 bits per heavy atom. The molecule has 1 aromatic carbocycles. The molecule has 0 atom stereocenters. The molecule has 2 aromatic rings. The number of amides is 1. The Kier molecular flexibility index (Phi) is 7.86. The van der Waals surface area contributed by atoms with Gasteiger partial charge in [-0.15, -0.1) is 0 Å². The van der Waals surface area contributed by atoms with E-state index in [0.29, 0.717) is 33.8 Å². The van der Waals surface area contributed by atoms with Gasteiger partial charge in [0.2, 0.25) is 5.91 Å². The number of nitrogens with zero attached hydrogens (tertiary/aromatic N) is 1. The fourth-order valence-corrected chi connectivity index (χ4v) is 3.33. The Labute approximate surface area is 160 Å². The Morgan fingerprint density at radius 2 is 2.00 bits per heavy atom. The molecule has 0 bridgehead atoms. The minimum absolute atomic E-state index is 0.127. The minimum atomic E-state index is -0.213. The Hall–Kier alpha value is -2.13. The molecule has 0 fully saturated rings. The van der Waals surface area contributed by atoms with E-state index in [0.717, 1.165) is 5.75 Å². The second-order valence-corrected chi connectivity index (χ2v) is 7.32. The van der Waals surface area contributed by atoms with Gasteiger partial charge in [-0.3, -0.25) is 9.59 Å². The van der Waals surface area contributed by atoms with Gasteiger partial charge in [0, 0.05) is 23.6 Å². The van der Waals surface area contributed by atoms with Gasteiger partial charge in [-0.05, 0) is 17.9 Å². The van der Waals surface area contributed by atoms with E-state index in [4.69, 9.17) is 9.47 Å². The van der Waals surface area contributed by atoms with E-state index >= 15 is 0 Å². The van der Waals surface area contributed by atoms with Crippen molar-refractivity contribution in [3.63, 3.8) is 0 Å². The number of aromatic amines is 1. The lowest BCUT2D eigenvalue weighted by atomic mass is 10.2. The van der Waals surface area contributed by atoms with Crippen LogP contribution in [0.4, 0.5) is 5.69 Å². The van der Waals surface area contributed by atoms with Crippen LogP contribution in [-0.2, 0) is 10.5 Å². The summed E-state index contributed by atoms with van der Waals surface area (Å²) in [5, 5.41) is 3.22. The zero-order valence-corrected chi connectivity index (χ0v) is 16.5. The van der Waals surface area contributed by atoms with Gasteiger partial charge in [0.25, 0.3) is 5.56 Å². The first-order valence-corrected chi connectivity index (χ1v) is 10.0. The number of ether oxygens (including phenoxy) is 2. The molecule has 2 rings (SSSR count). The van der Waals surface area contributed by atoms with Gasteiger partial charge in [-0.25, -0.2) is 4.98 Å². The van der Waals surface area contributed by atoms with Crippen molar-refractivity contribution in [2.45, 2.75) is 17.8 Å². The molecule has 0 aliphatic rings. The van der Waals surface area contributed by atoms with Crippen LogP contribution in [-0.4, -0.2) is 41.6 Å². The summed E-state index contributed by atoms with van der Waals surface area (Å²) in [6, 6.07) is 6.61. The number of hydrogen-bond donors (Lipinski definition) is 2. The highest BCUT2D eigenvalue weighted by Crippen LogP contribution is 2.29. The van der Waals surface area contributed by atoms with Crippen LogP contribution in [0.15, 0.2) is 34.2 Å². The van der Waals surface area contributed by atoms with Gasteiger partial charge in [0.1, 0.15) is 0 Å². The quantitative estimate of drug-likeness (QED) is 0.498. The van der Waals surface area contributed by atoms with E-state index in [1.165, 1.54) is 24.9 Å². The number of benzene rings is 1. The maximum atomic E-state index is 12.2. The van der Waals surface area contributed by atoms with Crippen LogP contribution in [0.1, 0.15) is 12.6 Å². The van der Waals surface area contributed by atoms with Crippen LogP contribution < -0.4 is 20.3 Å². The molecule has 0 aliphatic heterocycles. The number of carbonyl (C=O) groups is 1. The smallest absolute Gasteiger partial charge is 0.251 e. The van der Waals surface area contributed by atoms with Gasteiger partial charge >= 0.3 is 0 Å². The number of thioether (sulfide) groups is 2. The van der Waals surface area contributed by atoms with Crippen LogP contribution in [0.3, 0.4) is 0 Å². The highest BCUT2D eigenvalue weighted by Gasteiger charge is 2.09. The lowest BCUT2D eigenvalue weighted by molar-refractivity contribution is -0.113. The van der Waals surface area contributed by atoms with Gasteiger partial charge in [0.05, 0.1) is 25.7 Å². The van der Waals surface area contributed by atoms with Crippen molar-refractivity contribution < 1.29 is 14.3 Å². The predicted octanol–water partition coefficient (Wildman–Crippen LogP) is 2.77. The SMILES string of the molecule is CCSCc1cc(=O)[nH]c(SCC(=O)Nc2ccc(OC)c(OC)c2)n1. The average Bonchev–Trinajstić information content (AvgIpc) is 2.64. The van der Waals surface area contributed by atoms with Crippen molar-refractivity contribution in [1.82, 2.24) is 9.97 Å². The van der Waals surface area contributed by atoms with Crippen LogP contribution in [0, 0.1) is 0 Å². The number of methoxy groups -OCH3 is 2. The van der Waals surface area contributed by atoms with Gasteiger partial charge in [0.15, 0.2) is 16.7 Å². The fraction of sp³-hybridized carbons (Fsp3) is 0.353.